The van der Waals surface area contributed by atoms with Crippen LogP contribution in [0.2, 0.25) is 0 Å². The van der Waals surface area contributed by atoms with Crippen molar-refractivity contribution in [3.8, 4) is 28.0 Å². The van der Waals surface area contributed by atoms with E-state index in [-0.39, 0.29) is 23.6 Å². The van der Waals surface area contributed by atoms with Gasteiger partial charge in [0.25, 0.3) is 0 Å². The van der Waals surface area contributed by atoms with Crippen LogP contribution in [0.4, 0.5) is 13.2 Å². The number of hydrogen-bond donors (Lipinski definition) is 0. The fourth-order valence-electron chi connectivity index (χ4n) is 3.96. The topological polar surface area (TPSA) is 9.23 Å². The smallest absolute Gasteiger partial charge is 0.167 e. The Morgan fingerprint density at radius 1 is 0.647 bits per heavy atom. The first kappa shape index (κ1) is 23.6. The molecule has 0 unspecified atom stereocenters. The van der Waals surface area contributed by atoms with Gasteiger partial charge in [0.2, 0.25) is 0 Å². The number of benzene rings is 4. The highest BCUT2D eigenvalue weighted by molar-refractivity contribution is 5.72. The Morgan fingerprint density at radius 2 is 1.21 bits per heavy atom. The van der Waals surface area contributed by atoms with Crippen molar-refractivity contribution in [1.82, 2.24) is 0 Å². The van der Waals surface area contributed by atoms with Crippen LogP contribution in [0, 0.1) is 17.5 Å². The number of aryl methyl sites for hydroxylation is 2. The Bertz CT molecular complexity index is 1260. The quantitative estimate of drug-likeness (QED) is 0.256. The van der Waals surface area contributed by atoms with Crippen LogP contribution in [0.1, 0.15) is 37.0 Å². The van der Waals surface area contributed by atoms with E-state index in [9.17, 15) is 13.2 Å². The molecule has 0 aliphatic carbocycles. The van der Waals surface area contributed by atoms with Crippen molar-refractivity contribution < 1.29 is 17.9 Å². The van der Waals surface area contributed by atoms with Crippen molar-refractivity contribution in [2.75, 3.05) is 0 Å². The molecule has 4 rings (SSSR count). The number of rotatable bonds is 8. The molecule has 4 aromatic carbocycles. The van der Waals surface area contributed by atoms with E-state index in [2.05, 4.69) is 6.92 Å². The number of halogens is 3. The molecule has 4 heteroatoms. The maximum atomic E-state index is 14.9. The summed E-state index contributed by atoms with van der Waals surface area (Å²) >= 11 is 0. The third-order valence-electron chi connectivity index (χ3n) is 5.97. The van der Waals surface area contributed by atoms with Crippen molar-refractivity contribution in [2.45, 2.75) is 39.7 Å². The summed E-state index contributed by atoms with van der Waals surface area (Å²) in [6.07, 6.45) is 2.68. The van der Waals surface area contributed by atoms with Gasteiger partial charge in [-0.1, -0.05) is 80.9 Å². The van der Waals surface area contributed by atoms with Crippen molar-refractivity contribution in [2.24, 2.45) is 0 Å². The fraction of sp³-hybridized carbons (Fsp3) is 0.200. The fourth-order valence-corrected chi connectivity index (χ4v) is 3.96. The zero-order valence-electron chi connectivity index (χ0n) is 19.4. The second kappa shape index (κ2) is 10.6. The van der Waals surface area contributed by atoms with Gasteiger partial charge in [-0.25, -0.2) is 13.2 Å². The van der Waals surface area contributed by atoms with Gasteiger partial charge >= 0.3 is 0 Å². The Morgan fingerprint density at radius 3 is 1.74 bits per heavy atom. The lowest BCUT2D eigenvalue weighted by Gasteiger charge is -2.11. The molecular weight excluding hydrogens is 433 g/mol. The maximum absolute atomic E-state index is 14.9. The molecule has 174 valence electrons. The van der Waals surface area contributed by atoms with Gasteiger partial charge in [0.1, 0.15) is 18.2 Å². The summed E-state index contributed by atoms with van der Waals surface area (Å²) in [5, 5.41) is 0. The van der Waals surface area contributed by atoms with Gasteiger partial charge in [0.05, 0.1) is 0 Å². The minimum Gasteiger partial charge on any atom is -0.489 e. The number of ether oxygens (including phenoxy) is 1. The molecule has 4 aromatic rings. The molecule has 0 aliphatic rings. The predicted octanol–water partition coefficient (Wildman–Crippen LogP) is 8.53. The van der Waals surface area contributed by atoms with E-state index in [1.54, 1.807) is 48.5 Å². The van der Waals surface area contributed by atoms with Crippen molar-refractivity contribution in [1.29, 1.82) is 0 Å². The van der Waals surface area contributed by atoms with Gasteiger partial charge in [0.15, 0.2) is 11.6 Å². The second-order valence-electron chi connectivity index (χ2n) is 8.33. The third-order valence-corrected chi connectivity index (χ3v) is 5.97. The van der Waals surface area contributed by atoms with Gasteiger partial charge in [-0.2, -0.15) is 0 Å². The zero-order chi connectivity index (χ0) is 24.1. The molecule has 0 saturated carbocycles. The molecule has 0 radical (unpaired) electrons. The van der Waals surface area contributed by atoms with E-state index in [0.29, 0.717) is 22.4 Å². The Labute approximate surface area is 198 Å². The van der Waals surface area contributed by atoms with Crippen LogP contribution in [0.5, 0.6) is 5.75 Å². The molecular formula is C30H27F3O. The van der Waals surface area contributed by atoms with E-state index in [1.165, 1.54) is 0 Å². The zero-order valence-corrected chi connectivity index (χ0v) is 19.4. The summed E-state index contributed by atoms with van der Waals surface area (Å²) < 4.78 is 49.8. The number of hydrogen-bond acceptors (Lipinski definition) is 1. The highest BCUT2D eigenvalue weighted by atomic mass is 19.2. The average Bonchev–Trinajstić information content (AvgIpc) is 2.86. The molecule has 0 aromatic heterocycles. The van der Waals surface area contributed by atoms with E-state index in [1.807, 2.05) is 37.3 Å². The van der Waals surface area contributed by atoms with Crippen molar-refractivity contribution in [3.05, 3.63) is 113 Å². The third kappa shape index (κ3) is 5.17. The Balaban J connectivity index is 1.48. The lowest BCUT2D eigenvalue weighted by atomic mass is 9.98. The van der Waals surface area contributed by atoms with Crippen LogP contribution in [-0.2, 0) is 19.4 Å². The minimum atomic E-state index is -0.889. The molecule has 34 heavy (non-hydrogen) atoms. The largest absolute Gasteiger partial charge is 0.489 e. The highest BCUT2D eigenvalue weighted by Crippen LogP contribution is 2.32. The normalized spacial score (nSPS) is 11.0. The van der Waals surface area contributed by atoms with Gasteiger partial charge in [-0.15, -0.1) is 0 Å². The highest BCUT2D eigenvalue weighted by Gasteiger charge is 2.16. The SMILES string of the molecule is CCCc1ccc(COc2ccc(-c3ccc(-c4ccc(CC)cc4)c(F)c3F)cc2)c(F)c1. The first-order valence-electron chi connectivity index (χ1n) is 11.6. The van der Waals surface area contributed by atoms with Crippen LogP contribution in [0.25, 0.3) is 22.3 Å². The molecule has 0 fully saturated rings. The molecule has 0 heterocycles. The van der Waals surface area contributed by atoms with Crippen molar-refractivity contribution >= 4 is 0 Å². The summed E-state index contributed by atoms with van der Waals surface area (Å²) in [7, 11) is 0. The van der Waals surface area contributed by atoms with Gasteiger partial charge in [-0.05, 0) is 53.3 Å². The predicted molar refractivity (Wildman–Crippen MR) is 131 cm³/mol. The molecule has 0 spiro atoms. The van der Waals surface area contributed by atoms with Crippen LogP contribution < -0.4 is 4.74 Å². The lowest BCUT2D eigenvalue weighted by Crippen LogP contribution is -2.00. The van der Waals surface area contributed by atoms with E-state index in [4.69, 9.17) is 4.74 Å². The molecule has 0 bridgehead atoms. The van der Waals surface area contributed by atoms with E-state index >= 15 is 0 Å². The van der Waals surface area contributed by atoms with Gasteiger partial charge < -0.3 is 4.74 Å². The van der Waals surface area contributed by atoms with Crippen molar-refractivity contribution in [3.63, 3.8) is 0 Å². The molecule has 0 aliphatic heterocycles. The van der Waals surface area contributed by atoms with E-state index in [0.717, 1.165) is 30.4 Å². The molecule has 0 saturated heterocycles. The summed E-state index contributed by atoms with van der Waals surface area (Å²) in [5.41, 5.74) is 4.16. The molecule has 1 nitrogen and oxygen atoms in total. The summed E-state index contributed by atoms with van der Waals surface area (Å²) in [6.45, 7) is 4.19. The Kier molecular flexibility index (Phi) is 7.36. The average molecular weight is 461 g/mol. The van der Waals surface area contributed by atoms with Gasteiger partial charge in [-0.3, -0.25) is 0 Å². The van der Waals surface area contributed by atoms with Crippen LogP contribution in [0.3, 0.4) is 0 Å². The summed E-state index contributed by atoms with van der Waals surface area (Å²) in [5.74, 6) is -1.53. The molecule has 0 atom stereocenters. The van der Waals surface area contributed by atoms with Crippen LogP contribution in [0.15, 0.2) is 78.9 Å². The lowest BCUT2D eigenvalue weighted by molar-refractivity contribution is 0.300. The van der Waals surface area contributed by atoms with Crippen LogP contribution in [-0.4, -0.2) is 0 Å². The second-order valence-corrected chi connectivity index (χ2v) is 8.33. The van der Waals surface area contributed by atoms with E-state index < -0.39 is 11.6 Å². The van der Waals surface area contributed by atoms with Gasteiger partial charge in [0, 0.05) is 16.7 Å². The Hall–Kier alpha value is -3.53. The summed E-state index contributed by atoms with van der Waals surface area (Å²) in [4.78, 5) is 0. The standard InChI is InChI=1S/C30H27F3O/c1-3-5-21-8-11-24(28(31)18-21)19-34-25-14-12-23(13-15-25)27-17-16-26(29(32)30(27)33)22-9-6-20(4-2)7-10-22/h6-18H,3-5,19H2,1-2H3. The maximum Gasteiger partial charge on any atom is 0.167 e. The summed E-state index contributed by atoms with van der Waals surface area (Å²) in [6, 6.07) is 22.5. The molecule has 0 N–H and O–H groups in total. The monoisotopic (exact) mass is 460 g/mol. The first-order valence-corrected chi connectivity index (χ1v) is 11.6. The first-order chi connectivity index (χ1) is 16.5. The molecule has 0 amide bonds. The minimum absolute atomic E-state index is 0.0894. The van der Waals surface area contributed by atoms with Crippen LogP contribution >= 0.6 is 0 Å².